The summed E-state index contributed by atoms with van der Waals surface area (Å²) >= 11 is 0. The number of amides is 1. The largest absolute Gasteiger partial charge is 0.506 e. The molecule has 6 N–H and O–H groups in total. The number of fused-ring (bicyclic) bond motifs is 1. The van der Waals surface area contributed by atoms with Gasteiger partial charge in [0.05, 0.1) is 17.7 Å². The topological polar surface area (TPSA) is 144 Å². The fourth-order valence-corrected chi connectivity index (χ4v) is 4.84. The smallest absolute Gasteiger partial charge is 0.405 e. The molecule has 9 nitrogen and oxygen atoms in total. The molecular formula is C33H31N3O6. The van der Waals surface area contributed by atoms with Gasteiger partial charge in [-0.25, -0.2) is 4.79 Å². The number of benzene rings is 4. The Kier molecular flexibility index (Phi) is 8.81. The van der Waals surface area contributed by atoms with Crippen molar-refractivity contribution in [3.63, 3.8) is 0 Å². The molecule has 9 heteroatoms. The van der Waals surface area contributed by atoms with Crippen LogP contribution >= 0.6 is 0 Å². The molecule has 0 saturated heterocycles. The summed E-state index contributed by atoms with van der Waals surface area (Å²) in [5.74, 6) is 0.584. The van der Waals surface area contributed by atoms with Crippen molar-refractivity contribution >= 4 is 17.0 Å². The van der Waals surface area contributed by atoms with Gasteiger partial charge >= 0.3 is 6.09 Å². The third kappa shape index (κ3) is 6.95. The third-order valence-electron chi connectivity index (χ3n) is 6.95. The van der Waals surface area contributed by atoms with Gasteiger partial charge in [0.25, 0.3) is 0 Å². The predicted molar refractivity (Wildman–Crippen MR) is 160 cm³/mol. The summed E-state index contributed by atoms with van der Waals surface area (Å²) < 4.78 is 6.01. The van der Waals surface area contributed by atoms with E-state index in [1.165, 1.54) is 12.1 Å². The molecule has 0 saturated carbocycles. The Morgan fingerprint density at radius 2 is 1.60 bits per heavy atom. The molecule has 5 aromatic rings. The van der Waals surface area contributed by atoms with Gasteiger partial charge in [-0.1, -0.05) is 72.8 Å². The Morgan fingerprint density at radius 3 is 2.36 bits per heavy atom. The van der Waals surface area contributed by atoms with Crippen molar-refractivity contribution in [2.75, 3.05) is 6.54 Å². The highest BCUT2D eigenvalue weighted by Crippen LogP contribution is 2.29. The number of H-pyrrole nitrogens is 1. The summed E-state index contributed by atoms with van der Waals surface area (Å²) in [6.07, 6.45) is -1.94. The van der Waals surface area contributed by atoms with Gasteiger partial charge in [0, 0.05) is 24.5 Å². The second-order valence-corrected chi connectivity index (χ2v) is 9.90. The first-order chi connectivity index (χ1) is 20.4. The first-order valence-electron chi connectivity index (χ1n) is 13.5. The quantitative estimate of drug-likeness (QED) is 0.132. The summed E-state index contributed by atoms with van der Waals surface area (Å²) in [6.45, 7) is 1.15. The minimum Gasteiger partial charge on any atom is -0.506 e. The number of hydrogen-bond donors (Lipinski definition) is 6. The standard InChI is InChI=1S/C33H31N3O6/c37-28-15-13-26(27-14-16-30(39)35-32(27)28)29(38)19-34-18-21-9-11-22(12-10-21)20-42-25-8-4-7-24(17-25)31(36-33(40)41)23-5-2-1-3-6-23/h1-17,29,31,34,36-38H,18-20H2,(H,35,39)(H,40,41)/t29-,31?/m1/s1. The molecule has 42 heavy (non-hydrogen) atoms. The van der Waals surface area contributed by atoms with Crippen LogP contribution in [0.25, 0.3) is 10.9 Å². The Bertz CT molecular complexity index is 1720. The lowest BCUT2D eigenvalue weighted by atomic mass is 9.98. The molecular weight excluding hydrogens is 534 g/mol. The van der Waals surface area contributed by atoms with E-state index in [9.17, 15) is 24.9 Å². The number of aliphatic hydroxyl groups excluding tert-OH is 1. The molecule has 1 unspecified atom stereocenters. The zero-order chi connectivity index (χ0) is 29.5. The van der Waals surface area contributed by atoms with E-state index >= 15 is 0 Å². The lowest BCUT2D eigenvalue weighted by molar-refractivity contribution is 0.176. The molecule has 2 atom stereocenters. The summed E-state index contributed by atoms with van der Waals surface area (Å²) in [5.41, 5.74) is 4.19. The second-order valence-electron chi connectivity index (χ2n) is 9.90. The van der Waals surface area contributed by atoms with E-state index in [4.69, 9.17) is 4.74 Å². The van der Waals surface area contributed by atoms with Crippen LogP contribution in [-0.2, 0) is 13.2 Å². The molecule has 1 aromatic heterocycles. The van der Waals surface area contributed by atoms with E-state index in [-0.39, 0.29) is 17.9 Å². The molecule has 5 rings (SSSR count). The molecule has 0 aliphatic rings. The van der Waals surface area contributed by atoms with Crippen LogP contribution in [0.2, 0.25) is 0 Å². The number of pyridine rings is 1. The number of phenols is 1. The lowest BCUT2D eigenvalue weighted by Crippen LogP contribution is -2.27. The van der Waals surface area contributed by atoms with E-state index in [2.05, 4.69) is 15.6 Å². The van der Waals surface area contributed by atoms with Crippen molar-refractivity contribution in [2.24, 2.45) is 0 Å². The number of hydrogen-bond acceptors (Lipinski definition) is 6. The number of phenolic OH excluding ortho intramolecular Hbond substituents is 1. The molecule has 0 aliphatic carbocycles. The lowest BCUT2D eigenvalue weighted by Gasteiger charge is -2.19. The number of ether oxygens (including phenoxy) is 1. The van der Waals surface area contributed by atoms with Crippen molar-refractivity contribution in [1.29, 1.82) is 0 Å². The molecule has 0 bridgehead atoms. The Labute approximate surface area is 242 Å². The molecule has 0 aliphatic heterocycles. The highest BCUT2D eigenvalue weighted by molar-refractivity contribution is 5.87. The molecule has 0 fully saturated rings. The van der Waals surface area contributed by atoms with E-state index in [1.54, 1.807) is 12.1 Å². The highest BCUT2D eigenvalue weighted by Gasteiger charge is 2.17. The van der Waals surface area contributed by atoms with Crippen LogP contribution in [0.5, 0.6) is 11.5 Å². The van der Waals surface area contributed by atoms with Gasteiger partial charge < -0.3 is 35.7 Å². The normalized spacial score (nSPS) is 12.5. The molecule has 1 amide bonds. The number of carboxylic acid groups (broad SMARTS) is 1. The van der Waals surface area contributed by atoms with Crippen LogP contribution < -0.4 is 20.9 Å². The number of aromatic amines is 1. The summed E-state index contributed by atoms with van der Waals surface area (Å²) in [6, 6.07) is 30.2. The fraction of sp³-hybridized carbons (Fsp3) is 0.152. The van der Waals surface area contributed by atoms with Gasteiger partial charge in [0.2, 0.25) is 5.56 Å². The van der Waals surface area contributed by atoms with Crippen molar-refractivity contribution in [2.45, 2.75) is 25.3 Å². The maximum atomic E-state index is 11.6. The molecule has 1 heterocycles. The summed E-state index contributed by atoms with van der Waals surface area (Å²) in [5, 5.41) is 36.6. The number of nitrogens with one attached hydrogen (secondary N) is 3. The van der Waals surface area contributed by atoms with Crippen LogP contribution in [0.3, 0.4) is 0 Å². The zero-order valence-electron chi connectivity index (χ0n) is 22.7. The molecule has 0 spiro atoms. The summed E-state index contributed by atoms with van der Waals surface area (Å²) in [4.78, 5) is 25.7. The fourth-order valence-electron chi connectivity index (χ4n) is 4.84. The third-order valence-corrected chi connectivity index (χ3v) is 6.95. The minimum atomic E-state index is -1.11. The monoisotopic (exact) mass is 565 g/mol. The first kappa shape index (κ1) is 28.4. The number of aromatic hydroxyl groups is 1. The maximum absolute atomic E-state index is 11.6. The highest BCUT2D eigenvalue weighted by atomic mass is 16.5. The zero-order valence-corrected chi connectivity index (χ0v) is 22.7. The molecule has 0 radical (unpaired) electrons. The van der Waals surface area contributed by atoms with Gasteiger partial charge in [-0.05, 0) is 52.1 Å². The number of rotatable bonds is 11. The van der Waals surface area contributed by atoms with Crippen molar-refractivity contribution in [3.8, 4) is 11.5 Å². The predicted octanol–water partition coefficient (Wildman–Crippen LogP) is 4.99. The van der Waals surface area contributed by atoms with Crippen LogP contribution in [0.15, 0.2) is 108 Å². The van der Waals surface area contributed by atoms with Gasteiger partial charge in [0.1, 0.15) is 18.1 Å². The van der Waals surface area contributed by atoms with Crippen molar-refractivity contribution < 1.29 is 24.9 Å². The van der Waals surface area contributed by atoms with Gasteiger partial charge in [-0.2, -0.15) is 0 Å². The van der Waals surface area contributed by atoms with Crippen LogP contribution in [-0.4, -0.2) is 32.9 Å². The Morgan fingerprint density at radius 1 is 0.857 bits per heavy atom. The molecule has 4 aromatic carbocycles. The number of aliphatic hydroxyl groups is 1. The summed E-state index contributed by atoms with van der Waals surface area (Å²) in [7, 11) is 0. The van der Waals surface area contributed by atoms with Gasteiger partial charge in [-0.3, -0.25) is 4.79 Å². The molecule has 214 valence electrons. The minimum absolute atomic E-state index is 0.0463. The van der Waals surface area contributed by atoms with Crippen molar-refractivity contribution in [3.05, 3.63) is 141 Å². The number of carbonyl (C=O) groups is 1. The van der Waals surface area contributed by atoms with Crippen LogP contribution in [0.1, 0.15) is 40.0 Å². The maximum Gasteiger partial charge on any atom is 0.405 e. The Hall–Kier alpha value is -5.12. The van der Waals surface area contributed by atoms with Crippen molar-refractivity contribution in [1.82, 2.24) is 15.6 Å². The first-order valence-corrected chi connectivity index (χ1v) is 13.5. The van der Waals surface area contributed by atoms with Gasteiger partial charge in [-0.15, -0.1) is 0 Å². The van der Waals surface area contributed by atoms with Crippen LogP contribution in [0.4, 0.5) is 4.79 Å². The average molecular weight is 566 g/mol. The van der Waals surface area contributed by atoms with E-state index in [0.717, 1.165) is 22.3 Å². The Balaban J connectivity index is 1.16. The second kappa shape index (κ2) is 13.0. The van der Waals surface area contributed by atoms with E-state index in [0.29, 0.717) is 35.4 Å². The van der Waals surface area contributed by atoms with E-state index < -0.39 is 18.2 Å². The average Bonchev–Trinajstić information content (AvgIpc) is 3.00. The number of aromatic nitrogens is 1. The SMILES string of the molecule is O=C(O)NC(c1ccccc1)c1cccc(OCc2ccc(CNC[C@@H](O)c3ccc(O)c4[nH]c(=O)ccc34)cc2)c1. The van der Waals surface area contributed by atoms with Crippen LogP contribution in [0, 0.1) is 0 Å². The van der Waals surface area contributed by atoms with E-state index in [1.807, 2.05) is 78.9 Å². The van der Waals surface area contributed by atoms with Gasteiger partial charge in [0.15, 0.2) is 0 Å².